The zero-order chi connectivity index (χ0) is 12.6. The Kier molecular flexibility index (Phi) is 9.39. The zero-order valence-corrected chi connectivity index (χ0v) is 13.5. The lowest BCUT2D eigenvalue weighted by molar-refractivity contribution is -0.0855. The van der Waals surface area contributed by atoms with Crippen molar-refractivity contribution in [3.05, 3.63) is 12.7 Å². The number of nitrogens with zero attached hydrogens (tertiary/aromatic N) is 1. The number of ether oxygens (including phenoxy) is 2. The molecule has 0 radical (unpaired) electrons. The summed E-state index contributed by atoms with van der Waals surface area (Å²) in [4.78, 5) is 4.14. The van der Waals surface area contributed by atoms with Crippen LogP contribution >= 0.6 is 24.0 Å². The summed E-state index contributed by atoms with van der Waals surface area (Å²) < 4.78 is 11.0. The maximum Gasteiger partial charge on any atom is 0.191 e. The molecule has 0 aromatic rings. The summed E-state index contributed by atoms with van der Waals surface area (Å²) in [5.74, 6) is 0.771. The van der Waals surface area contributed by atoms with Crippen molar-refractivity contribution in [2.75, 3.05) is 40.5 Å². The monoisotopic (exact) mass is 369 g/mol. The Morgan fingerprint density at radius 2 is 2.11 bits per heavy atom. The molecular weight excluding hydrogens is 345 g/mol. The van der Waals surface area contributed by atoms with E-state index in [4.69, 9.17) is 9.47 Å². The van der Waals surface area contributed by atoms with E-state index in [0.29, 0.717) is 6.54 Å². The first-order valence-electron chi connectivity index (χ1n) is 5.94. The third kappa shape index (κ3) is 5.53. The molecule has 0 aromatic carbocycles. The van der Waals surface area contributed by atoms with E-state index in [2.05, 4.69) is 22.2 Å². The number of guanidine groups is 1. The largest absolute Gasteiger partial charge is 0.381 e. The first-order valence-corrected chi connectivity index (χ1v) is 5.94. The van der Waals surface area contributed by atoms with Crippen LogP contribution in [0.15, 0.2) is 17.6 Å². The smallest absolute Gasteiger partial charge is 0.191 e. The van der Waals surface area contributed by atoms with E-state index in [1.165, 1.54) is 0 Å². The minimum absolute atomic E-state index is 0. The van der Waals surface area contributed by atoms with Crippen LogP contribution < -0.4 is 10.6 Å². The van der Waals surface area contributed by atoms with Gasteiger partial charge in [-0.2, -0.15) is 0 Å². The third-order valence-corrected chi connectivity index (χ3v) is 3.05. The van der Waals surface area contributed by atoms with Crippen LogP contribution in [-0.2, 0) is 9.47 Å². The van der Waals surface area contributed by atoms with Gasteiger partial charge in [0.25, 0.3) is 0 Å². The molecule has 1 saturated heterocycles. The molecule has 5 nitrogen and oxygen atoms in total. The van der Waals surface area contributed by atoms with E-state index in [-0.39, 0.29) is 29.6 Å². The molecule has 1 rings (SSSR count). The van der Waals surface area contributed by atoms with E-state index >= 15 is 0 Å². The van der Waals surface area contributed by atoms with Crippen molar-refractivity contribution < 1.29 is 9.47 Å². The maximum absolute atomic E-state index is 5.63. The fourth-order valence-electron chi connectivity index (χ4n) is 1.83. The SMILES string of the molecule is C=CCNC(=NC)NCC1(OC)CCOCC1.I. The van der Waals surface area contributed by atoms with Crippen LogP contribution in [-0.4, -0.2) is 52.0 Å². The average molecular weight is 369 g/mol. The van der Waals surface area contributed by atoms with Gasteiger partial charge >= 0.3 is 0 Å². The molecule has 2 N–H and O–H groups in total. The second-order valence-corrected chi connectivity index (χ2v) is 4.09. The number of hydrogen-bond acceptors (Lipinski definition) is 3. The number of aliphatic imine (C=N–C) groups is 1. The number of hydrogen-bond donors (Lipinski definition) is 2. The molecule has 0 amide bonds. The van der Waals surface area contributed by atoms with Crippen LogP contribution in [0.5, 0.6) is 0 Å². The van der Waals surface area contributed by atoms with Crippen molar-refractivity contribution in [1.82, 2.24) is 10.6 Å². The van der Waals surface area contributed by atoms with Crippen LogP contribution in [0, 0.1) is 0 Å². The Labute approximate surface area is 126 Å². The molecular formula is C12H24IN3O2. The van der Waals surface area contributed by atoms with Crippen molar-refractivity contribution in [2.45, 2.75) is 18.4 Å². The van der Waals surface area contributed by atoms with Crippen LogP contribution in [0.2, 0.25) is 0 Å². The van der Waals surface area contributed by atoms with Gasteiger partial charge in [0.2, 0.25) is 0 Å². The highest BCUT2D eigenvalue weighted by Gasteiger charge is 2.32. The fourth-order valence-corrected chi connectivity index (χ4v) is 1.83. The lowest BCUT2D eigenvalue weighted by Gasteiger charge is -2.36. The molecule has 1 fully saturated rings. The Balaban J connectivity index is 0.00000289. The van der Waals surface area contributed by atoms with Gasteiger partial charge in [0.1, 0.15) is 0 Å². The van der Waals surface area contributed by atoms with Crippen LogP contribution in [0.1, 0.15) is 12.8 Å². The molecule has 18 heavy (non-hydrogen) atoms. The highest BCUT2D eigenvalue weighted by atomic mass is 127. The Hall–Kier alpha value is -0.340. The number of rotatable bonds is 5. The van der Waals surface area contributed by atoms with Gasteiger partial charge in [-0.3, -0.25) is 4.99 Å². The molecule has 1 aliphatic rings. The molecule has 0 atom stereocenters. The predicted octanol–water partition coefficient (Wildman–Crippen LogP) is 1.15. The normalized spacial score (nSPS) is 18.7. The summed E-state index contributed by atoms with van der Waals surface area (Å²) in [7, 11) is 3.51. The minimum atomic E-state index is -0.135. The van der Waals surface area contributed by atoms with Gasteiger partial charge in [0.05, 0.1) is 5.60 Å². The average Bonchev–Trinajstić information content (AvgIpc) is 2.40. The summed E-state index contributed by atoms with van der Waals surface area (Å²) >= 11 is 0. The van der Waals surface area contributed by atoms with E-state index in [0.717, 1.165) is 38.6 Å². The first-order chi connectivity index (χ1) is 8.26. The van der Waals surface area contributed by atoms with Crippen molar-refractivity contribution in [3.8, 4) is 0 Å². The van der Waals surface area contributed by atoms with Crippen molar-refractivity contribution >= 4 is 29.9 Å². The quantitative estimate of drug-likeness (QED) is 0.331. The topological polar surface area (TPSA) is 54.9 Å². The first kappa shape index (κ1) is 17.7. The van der Waals surface area contributed by atoms with Crippen LogP contribution in [0.4, 0.5) is 0 Å². The summed E-state index contributed by atoms with van der Waals surface area (Å²) in [5, 5.41) is 6.41. The molecule has 1 aliphatic heterocycles. The zero-order valence-electron chi connectivity index (χ0n) is 11.2. The second kappa shape index (κ2) is 9.57. The van der Waals surface area contributed by atoms with Gasteiger partial charge in [0, 0.05) is 53.3 Å². The molecule has 0 aliphatic carbocycles. The Bertz CT molecular complexity index is 266. The number of halogens is 1. The summed E-state index contributed by atoms with van der Waals surface area (Å²) in [6.07, 6.45) is 3.62. The number of nitrogens with one attached hydrogen (secondary N) is 2. The van der Waals surface area contributed by atoms with Crippen molar-refractivity contribution in [2.24, 2.45) is 4.99 Å². The molecule has 0 unspecified atom stereocenters. The van der Waals surface area contributed by atoms with Gasteiger partial charge in [-0.05, 0) is 0 Å². The van der Waals surface area contributed by atoms with E-state index in [1.54, 1.807) is 20.2 Å². The third-order valence-electron chi connectivity index (χ3n) is 3.05. The number of methoxy groups -OCH3 is 1. The Morgan fingerprint density at radius 3 is 2.61 bits per heavy atom. The highest BCUT2D eigenvalue weighted by Crippen LogP contribution is 2.23. The highest BCUT2D eigenvalue weighted by molar-refractivity contribution is 14.0. The molecule has 106 valence electrons. The standard InChI is InChI=1S/C12H23N3O2.HI/c1-4-7-14-11(13-2)15-10-12(16-3)5-8-17-9-6-12;/h4H,1,5-10H2,2-3H3,(H2,13,14,15);1H. The van der Waals surface area contributed by atoms with Gasteiger partial charge in [-0.1, -0.05) is 6.08 Å². The fraction of sp³-hybridized carbons (Fsp3) is 0.750. The van der Waals surface area contributed by atoms with E-state index in [9.17, 15) is 0 Å². The van der Waals surface area contributed by atoms with Crippen molar-refractivity contribution in [1.29, 1.82) is 0 Å². The summed E-state index contributed by atoms with van der Waals surface area (Å²) in [6.45, 7) is 6.61. The van der Waals surface area contributed by atoms with Crippen LogP contribution in [0.3, 0.4) is 0 Å². The van der Waals surface area contributed by atoms with E-state index in [1.807, 2.05) is 0 Å². The lowest BCUT2D eigenvalue weighted by atomic mass is 9.94. The molecule has 0 spiro atoms. The summed E-state index contributed by atoms with van der Waals surface area (Å²) in [6, 6.07) is 0. The second-order valence-electron chi connectivity index (χ2n) is 4.09. The maximum atomic E-state index is 5.63. The van der Waals surface area contributed by atoms with Gasteiger partial charge in [0.15, 0.2) is 5.96 Å². The van der Waals surface area contributed by atoms with Gasteiger partial charge in [-0.25, -0.2) is 0 Å². The Morgan fingerprint density at radius 1 is 1.44 bits per heavy atom. The molecule has 0 aromatic heterocycles. The van der Waals surface area contributed by atoms with E-state index < -0.39 is 0 Å². The molecule has 0 saturated carbocycles. The lowest BCUT2D eigenvalue weighted by Crippen LogP contribution is -2.50. The van der Waals surface area contributed by atoms with Gasteiger partial charge in [-0.15, -0.1) is 30.6 Å². The summed E-state index contributed by atoms with van der Waals surface area (Å²) in [5.41, 5.74) is -0.135. The van der Waals surface area contributed by atoms with Crippen molar-refractivity contribution in [3.63, 3.8) is 0 Å². The predicted molar refractivity (Wildman–Crippen MR) is 84.8 cm³/mol. The molecule has 6 heteroatoms. The molecule has 1 heterocycles. The van der Waals surface area contributed by atoms with Crippen LogP contribution in [0.25, 0.3) is 0 Å². The minimum Gasteiger partial charge on any atom is -0.381 e. The van der Waals surface area contributed by atoms with Gasteiger partial charge < -0.3 is 20.1 Å². The molecule has 0 bridgehead atoms.